The Bertz CT molecular complexity index is 566. The van der Waals surface area contributed by atoms with E-state index in [-0.39, 0.29) is 5.69 Å². The van der Waals surface area contributed by atoms with E-state index in [9.17, 15) is 4.79 Å². The molecule has 1 aromatic rings. The van der Waals surface area contributed by atoms with Crippen molar-refractivity contribution in [3.8, 4) is 0 Å². The van der Waals surface area contributed by atoms with Crippen LogP contribution in [0.2, 0.25) is 0 Å². The fraction of sp³-hybridized carbons (Fsp3) is 0.182. The van der Waals surface area contributed by atoms with Crippen LogP contribution in [0.15, 0.2) is 17.2 Å². The highest BCUT2D eigenvalue weighted by atomic mass is 35.5. The molecule has 0 saturated carbocycles. The first-order chi connectivity index (χ1) is 7.09. The summed E-state index contributed by atoms with van der Waals surface area (Å²) in [6.07, 6.45) is 6.36. The number of carboxylic acid groups (broad SMARTS) is 1. The van der Waals surface area contributed by atoms with Crippen LogP contribution in [0.25, 0.3) is 12.2 Å². The Morgan fingerprint density at radius 1 is 1.53 bits per heavy atom. The second-order valence-electron chi connectivity index (χ2n) is 3.41. The van der Waals surface area contributed by atoms with Crippen LogP contribution in [0.1, 0.15) is 16.9 Å². The highest BCUT2D eigenvalue weighted by molar-refractivity contribution is 6.34. The number of rotatable bonds is 1. The summed E-state index contributed by atoms with van der Waals surface area (Å²) in [5.41, 5.74) is 0.277. The molecule has 0 radical (unpaired) electrons. The number of hydrogen-bond donors (Lipinski definition) is 1. The third-order valence-electron chi connectivity index (χ3n) is 2.45. The van der Waals surface area contributed by atoms with Gasteiger partial charge in [0.1, 0.15) is 5.69 Å². The third-order valence-corrected chi connectivity index (χ3v) is 2.71. The number of aromatic nitrogens is 1. The van der Waals surface area contributed by atoms with E-state index in [1.54, 1.807) is 23.8 Å². The van der Waals surface area contributed by atoms with Crippen molar-refractivity contribution in [2.24, 2.45) is 7.05 Å². The molecule has 0 atom stereocenters. The Labute approximate surface area is 91.6 Å². The summed E-state index contributed by atoms with van der Waals surface area (Å²) < 4.78 is 1.66. The smallest absolute Gasteiger partial charge is 0.352 e. The van der Waals surface area contributed by atoms with Crippen molar-refractivity contribution in [2.75, 3.05) is 0 Å². The predicted octanol–water partition coefficient (Wildman–Crippen LogP) is 0.811. The van der Waals surface area contributed by atoms with Gasteiger partial charge in [-0.2, -0.15) is 0 Å². The highest BCUT2D eigenvalue weighted by Gasteiger charge is 2.10. The first-order valence-electron chi connectivity index (χ1n) is 4.56. The van der Waals surface area contributed by atoms with E-state index in [0.29, 0.717) is 5.03 Å². The second kappa shape index (κ2) is 3.59. The van der Waals surface area contributed by atoms with Gasteiger partial charge in [0.15, 0.2) is 0 Å². The number of fused-ring (bicyclic) bond motifs is 1. The predicted molar refractivity (Wildman–Crippen MR) is 59.1 cm³/mol. The molecule has 0 unspecified atom stereocenters. The molecule has 1 N–H and O–H groups in total. The molecule has 1 heterocycles. The Balaban J connectivity index is 2.78. The lowest BCUT2D eigenvalue weighted by atomic mass is 10.3. The van der Waals surface area contributed by atoms with E-state index in [0.717, 1.165) is 17.0 Å². The first kappa shape index (κ1) is 10.1. The van der Waals surface area contributed by atoms with Gasteiger partial charge in [0.25, 0.3) is 0 Å². The Morgan fingerprint density at radius 2 is 2.27 bits per heavy atom. The van der Waals surface area contributed by atoms with Crippen molar-refractivity contribution in [3.05, 3.63) is 33.4 Å². The summed E-state index contributed by atoms with van der Waals surface area (Å²) in [6.45, 7) is 0. The van der Waals surface area contributed by atoms with Crippen molar-refractivity contribution in [3.63, 3.8) is 0 Å². The summed E-state index contributed by atoms with van der Waals surface area (Å²) in [4.78, 5) is 10.9. The SMILES string of the molecule is Cn1c(C(=O)O)cc2c1=CCC=C(Cl)C=2. The quantitative estimate of drug-likeness (QED) is 0.766. The van der Waals surface area contributed by atoms with Crippen LogP contribution in [0.4, 0.5) is 0 Å². The van der Waals surface area contributed by atoms with Gasteiger partial charge < -0.3 is 9.67 Å². The average molecular weight is 224 g/mol. The second-order valence-corrected chi connectivity index (χ2v) is 3.84. The van der Waals surface area contributed by atoms with Crippen LogP contribution in [-0.2, 0) is 7.05 Å². The summed E-state index contributed by atoms with van der Waals surface area (Å²) in [6, 6.07) is 1.63. The van der Waals surface area contributed by atoms with E-state index in [1.165, 1.54) is 0 Å². The number of carbonyl (C=O) groups is 1. The molecule has 1 aromatic heterocycles. The monoisotopic (exact) mass is 223 g/mol. The van der Waals surface area contributed by atoms with Gasteiger partial charge in [-0.15, -0.1) is 0 Å². The molecule has 0 amide bonds. The minimum Gasteiger partial charge on any atom is -0.477 e. The number of carboxylic acids is 1. The van der Waals surface area contributed by atoms with Gasteiger partial charge in [-0.1, -0.05) is 23.8 Å². The zero-order chi connectivity index (χ0) is 11.0. The van der Waals surface area contributed by atoms with Crippen molar-refractivity contribution < 1.29 is 9.90 Å². The van der Waals surface area contributed by atoms with Crippen LogP contribution in [0, 0.1) is 0 Å². The van der Waals surface area contributed by atoms with Gasteiger partial charge in [-0.05, 0) is 18.6 Å². The fourth-order valence-electron chi connectivity index (χ4n) is 1.71. The number of hydrogen-bond acceptors (Lipinski definition) is 1. The molecule has 4 heteroatoms. The van der Waals surface area contributed by atoms with Crippen molar-refractivity contribution in [1.29, 1.82) is 0 Å². The number of halogens is 1. The number of nitrogens with zero attached hydrogens (tertiary/aromatic N) is 1. The van der Waals surface area contributed by atoms with Gasteiger partial charge in [0, 0.05) is 22.6 Å². The van der Waals surface area contributed by atoms with Crippen LogP contribution in [-0.4, -0.2) is 15.6 Å². The normalized spacial score (nSPS) is 14.4. The Kier molecular flexibility index (Phi) is 2.40. The molecule has 1 aliphatic rings. The highest BCUT2D eigenvalue weighted by Crippen LogP contribution is 2.06. The van der Waals surface area contributed by atoms with Gasteiger partial charge in [-0.25, -0.2) is 4.79 Å². The maximum atomic E-state index is 10.9. The molecule has 0 aromatic carbocycles. The zero-order valence-electron chi connectivity index (χ0n) is 8.20. The van der Waals surface area contributed by atoms with E-state index in [1.807, 2.05) is 12.2 Å². The fourth-order valence-corrected chi connectivity index (χ4v) is 1.91. The van der Waals surface area contributed by atoms with E-state index in [4.69, 9.17) is 16.7 Å². The zero-order valence-corrected chi connectivity index (χ0v) is 8.95. The minimum absolute atomic E-state index is 0.277. The van der Waals surface area contributed by atoms with Gasteiger partial charge >= 0.3 is 5.97 Å². The molecule has 1 aliphatic carbocycles. The van der Waals surface area contributed by atoms with Crippen molar-refractivity contribution >= 4 is 29.7 Å². The molecule has 0 aliphatic heterocycles. The third kappa shape index (κ3) is 1.70. The number of aromatic carboxylic acids is 1. The molecule has 2 rings (SSSR count). The van der Waals surface area contributed by atoms with Crippen LogP contribution in [0.5, 0.6) is 0 Å². The largest absolute Gasteiger partial charge is 0.477 e. The summed E-state index contributed by atoms with van der Waals surface area (Å²) >= 11 is 5.92. The summed E-state index contributed by atoms with van der Waals surface area (Å²) in [7, 11) is 1.74. The maximum absolute atomic E-state index is 10.9. The molecule has 78 valence electrons. The molecule has 3 nitrogen and oxygen atoms in total. The topological polar surface area (TPSA) is 42.2 Å². The van der Waals surface area contributed by atoms with E-state index >= 15 is 0 Å². The van der Waals surface area contributed by atoms with Gasteiger partial charge in [-0.3, -0.25) is 0 Å². The average Bonchev–Trinajstić information content (AvgIpc) is 2.37. The van der Waals surface area contributed by atoms with Gasteiger partial charge in [0.05, 0.1) is 0 Å². The van der Waals surface area contributed by atoms with E-state index in [2.05, 4.69) is 0 Å². The molecule has 0 bridgehead atoms. The lowest BCUT2D eigenvalue weighted by Crippen LogP contribution is -2.27. The Morgan fingerprint density at radius 3 is 2.93 bits per heavy atom. The van der Waals surface area contributed by atoms with Crippen molar-refractivity contribution in [2.45, 2.75) is 6.42 Å². The molecule has 0 fully saturated rings. The summed E-state index contributed by atoms with van der Waals surface area (Å²) in [5, 5.41) is 11.4. The number of allylic oxidation sites excluding steroid dienone is 2. The molecular formula is C11H10ClNO2. The summed E-state index contributed by atoms with van der Waals surface area (Å²) in [5.74, 6) is -0.924. The van der Waals surface area contributed by atoms with Crippen LogP contribution < -0.4 is 10.6 Å². The standard InChI is InChI=1S/C11H10ClNO2/c1-13-9-4-2-3-8(12)5-7(9)6-10(13)11(14)15/h3-6H,2H2,1H3,(H,14,15). The van der Waals surface area contributed by atoms with Crippen LogP contribution >= 0.6 is 11.6 Å². The van der Waals surface area contributed by atoms with Gasteiger partial charge in [0.2, 0.25) is 0 Å². The van der Waals surface area contributed by atoms with Crippen molar-refractivity contribution in [1.82, 2.24) is 4.57 Å². The lowest BCUT2D eigenvalue weighted by molar-refractivity contribution is 0.0686. The Hall–Kier alpha value is -1.48. The molecular weight excluding hydrogens is 214 g/mol. The molecule has 0 spiro atoms. The lowest BCUT2D eigenvalue weighted by Gasteiger charge is -1.96. The molecule has 0 saturated heterocycles. The first-order valence-corrected chi connectivity index (χ1v) is 4.94. The van der Waals surface area contributed by atoms with E-state index < -0.39 is 5.97 Å². The maximum Gasteiger partial charge on any atom is 0.352 e. The van der Waals surface area contributed by atoms with Crippen LogP contribution in [0.3, 0.4) is 0 Å². The molecule has 15 heavy (non-hydrogen) atoms. The minimum atomic E-state index is -0.924.